The molecule has 0 bridgehead atoms. The number of hydrogen-bond donors (Lipinski definition) is 0. The summed E-state index contributed by atoms with van der Waals surface area (Å²) in [5.74, 6) is 0.191. The van der Waals surface area contributed by atoms with Crippen LogP contribution in [-0.2, 0) is 4.79 Å². The molecular weight excluding hydrogens is 605 g/mol. The quantitative estimate of drug-likeness (QED) is 0.217. The second-order valence-electron chi connectivity index (χ2n) is 7.75. The number of aliphatic imine (C=N–C) groups is 1. The highest BCUT2D eigenvalue weighted by Crippen LogP contribution is 2.28. The first-order valence-corrected chi connectivity index (χ1v) is 12.4. The summed E-state index contributed by atoms with van der Waals surface area (Å²) in [6.07, 6.45) is 4.36. The van der Waals surface area contributed by atoms with Crippen LogP contribution in [0.4, 0.5) is 15.8 Å². The summed E-state index contributed by atoms with van der Waals surface area (Å²) in [4.78, 5) is 36.6. The number of ketones is 2. The van der Waals surface area contributed by atoms with Gasteiger partial charge in [0.2, 0.25) is 11.4 Å². The van der Waals surface area contributed by atoms with Crippen LogP contribution in [0.2, 0.25) is 0 Å². The van der Waals surface area contributed by atoms with Crippen molar-refractivity contribution in [1.82, 2.24) is 9.55 Å². The van der Waals surface area contributed by atoms with Gasteiger partial charge in [-0.1, -0.05) is 31.9 Å². The molecule has 10 heteroatoms. The van der Waals surface area contributed by atoms with E-state index in [1.165, 1.54) is 26.0 Å². The number of imidazole rings is 1. The van der Waals surface area contributed by atoms with Crippen LogP contribution in [0.15, 0.2) is 68.3 Å². The molecular formula is C27H22Br2FN5O2. The summed E-state index contributed by atoms with van der Waals surface area (Å²) in [5, 5.41) is 0. The molecule has 0 atom stereocenters. The SMILES string of the molecule is CC(=O)C1=CCC(C)=N1.[C-]#[N+]c1cc(Br)ccc1-n1cc(C(C)=O)nc1C.[C-]#[N+]c1cc(Br)ccc1F. The van der Waals surface area contributed by atoms with Gasteiger partial charge < -0.3 is 4.57 Å². The Morgan fingerprint density at radius 3 is 2.00 bits per heavy atom. The third kappa shape index (κ3) is 8.42. The third-order valence-corrected chi connectivity index (χ3v) is 5.84. The van der Waals surface area contributed by atoms with Crippen molar-refractivity contribution in [3.8, 4) is 5.69 Å². The molecule has 0 spiro atoms. The Balaban J connectivity index is 0.000000214. The van der Waals surface area contributed by atoms with Crippen molar-refractivity contribution in [2.24, 2.45) is 4.99 Å². The smallest absolute Gasteiger partial charge is 0.223 e. The van der Waals surface area contributed by atoms with Gasteiger partial charge in [-0.25, -0.2) is 19.1 Å². The van der Waals surface area contributed by atoms with Crippen LogP contribution < -0.4 is 0 Å². The van der Waals surface area contributed by atoms with Gasteiger partial charge in [-0.3, -0.25) is 14.6 Å². The van der Waals surface area contributed by atoms with Gasteiger partial charge >= 0.3 is 0 Å². The number of carbonyl (C=O) groups is 2. The number of Topliss-reactive ketones (excluding diaryl/α,β-unsaturated/α-hetero) is 2. The monoisotopic (exact) mass is 625 g/mol. The molecule has 0 amide bonds. The van der Waals surface area contributed by atoms with Crippen molar-refractivity contribution in [2.45, 2.75) is 34.1 Å². The normalized spacial score (nSPS) is 11.5. The summed E-state index contributed by atoms with van der Waals surface area (Å²) >= 11 is 6.46. The Morgan fingerprint density at radius 1 is 0.973 bits per heavy atom. The zero-order valence-electron chi connectivity index (χ0n) is 20.5. The summed E-state index contributed by atoms with van der Waals surface area (Å²) in [6, 6.07) is 9.70. The van der Waals surface area contributed by atoms with Crippen molar-refractivity contribution in [2.75, 3.05) is 0 Å². The summed E-state index contributed by atoms with van der Waals surface area (Å²) in [5.41, 5.74) is 3.35. The number of halogens is 3. The number of hydrogen-bond acceptors (Lipinski definition) is 4. The number of aromatic nitrogens is 2. The van der Waals surface area contributed by atoms with Gasteiger partial charge in [-0.2, -0.15) is 0 Å². The van der Waals surface area contributed by atoms with Gasteiger partial charge in [0.05, 0.1) is 18.8 Å². The van der Waals surface area contributed by atoms with Crippen LogP contribution in [0.3, 0.4) is 0 Å². The molecule has 1 aliphatic heterocycles. The van der Waals surface area contributed by atoms with E-state index in [0.29, 0.717) is 22.9 Å². The van der Waals surface area contributed by atoms with Crippen LogP contribution in [0.5, 0.6) is 0 Å². The maximum atomic E-state index is 12.5. The summed E-state index contributed by atoms with van der Waals surface area (Å²) < 4.78 is 15.9. The highest BCUT2D eigenvalue weighted by molar-refractivity contribution is 9.10. The molecule has 1 aromatic heterocycles. The second kappa shape index (κ2) is 13.5. The van der Waals surface area contributed by atoms with Crippen LogP contribution in [0, 0.1) is 25.9 Å². The van der Waals surface area contributed by atoms with Gasteiger partial charge in [-0.05, 0) is 56.3 Å². The maximum Gasteiger partial charge on any atom is 0.223 e. The number of allylic oxidation sites excluding steroid dienone is 2. The molecule has 7 nitrogen and oxygen atoms in total. The zero-order valence-corrected chi connectivity index (χ0v) is 23.7. The van der Waals surface area contributed by atoms with Gasteiger partial charge in [0.1, 0.15) is 23.0 Å². The molecule has 37 heavy (non-hydrogen) atoms. The topological polar surface area (TPSA) is 73.0 Å². The van der Waals surface area contributed by atoms with E-state index >= 15 is 0 Å². The number of carbonyl (C=O) groups excluding carboxylic acids is 2. The molecule has 0 fully saturated rings. The lowest BCUT2D eigenvalue weighted by atomic mass is 10.2. The Hall–Kier alpha value is -3.73. The minimum Gasteiger partial charge on any atom is -0.313 e. The molecule has 0 aliphatic carbocycles. The first kappa shape index (κ1) is 29.5. The largest absolute Gasteiger partial charge is 0.313 e. The molecule has 0 unspecified atom stereocenters. The molecule has 2 aromatic carbocycles. The fourth-order valence-corrected chi connectivity index (χ4v) is 3.71. The van der Waals surface area contributed by atoms with E-state index < -0.39 is 5.82 Å². The fraction of sp³-hybridized carbons (Fsp3) is 0.185. The Labute approximate surface area is 231 Å². The molecule has 0 saturated carbocycles. The van der Waals surface area contributed by atoms with E-state index in [9.17, 15) is 14.0 Å². The highest BCUT2D eigenvalue weighted by atomic mass is 79.9. The van der Waals surface area contributed by atoms with Crippen LogP contribution in [0.25, 0.3) is 15.4 Å². The molecule has 0 saturated heterocycles. The van der Waals surface area contributed by atoms with E-state index in [2.05, 4.69) is 51.5 Å². The van der Waals surface area contributed by atoms with Gasteiger partial charge in [0.25, 0.3) is 0 Å². The van der Waals surface area contributed by atoms with Crippen LogP contribution >= 0.6 is 31.9 Å². The van der Waals surface area contributed by atoms with Crippen molar-refractivity contribution < 1.29 is 14.0 Å². The lowest BCUT2D eigenvalue weighted by molar-refractivity contribution is -0.113. The minimum absolute atomic E-state index is 0.0503. The average Bonchev–Trinajstić information content (AvgIpc) is 3.47. The van der Waals surface area contributed by atoms with Gasteiger partial charge in [-0.15, -0.1) is 0 Å². The van der Waals surface area contributed by atoms with E-state index in [1.54, 1.807) is 22.9 Å². The molecule has 2 heterocycles. The van der Waals surface area contributed by atoms with Crippen molar-refractivity contribution >= 4 is 60.5 Å². The van der Waals surface area contributed by atoms with Crippen molar-refractivity contribution in [1.29, 1.82) is 0 Å². The molecule has 4 rings (SSSR count). The predicted molar refractivity (Wildman–Crippen MR) is 149 cm³/mol. The van der Waals surface area contributed by atoms with E-state index in [4.69, 9.17) is 13.1 Å². The first-order valence-electron chi connectivity index (χ1n) is 10.8. The van der Waals surface area contributed by atoms with Gasteiger partial charge in [0, 0.05) is 41.1 Å². The molecule has 188 valence electrons. The summed E-state index contributed by atoms with van der Waals surface area (Å²) in [7, 11) is 0. The standard InChI is InChI=1S/C13H10BrN3O.C7H3BrFN.C7H9NO/c1-8(18)12-7-17(9(2)16-12)13-5-4-10(14)6-11(13)15-3;1-10-7-4-5(8)2-3-6(7)9;1-5-3-4-7(8-5)6(2)9/h4-7H,1-2H3;2-4H;4H,3H2,1-2H3. The average molecular weight is 627 g/mol. The van der Waals surface area contributed by atoms with E-state index in [-0.39, 0.29) is 17.3 Å². The molecule has 1 aliphatic rings. The van der Waals surface area contributed by atoms with E-state index in [0.717, 1.165) is 26.8 Å². The molecule has 0 N–H and O–H groups in total. The van der Waals surface area contributed by atoms with Crippen LogP contribution in [-0.4, -0.2) is 26.8 Å². The van der Waals surface area contributed by atoms with E-state index in [1.807, 2.05) is 32.1 Å². The Kier molecular flexibility index (Phi) is 10.8. The number of rotatable bonds is 3. The van der Waals surface area contributed by atoms with Crippen molar-refractivity contribution in [3.05, 3.63) is 103 Å². The first-order chi connectivity index (χ1) is 17.5. The maximum absolute atomic E-state index is 12.5. The van der Waals surface area contributed by atoms with Gasteiger partial charge in [0.15, 0.2) is 11.6 Å². The Bertz CT molecular complexity index is 1490. The minimum atomic E-state index is -0.474. The number of nitrogens with zero attached hydrogens (tertiary/aromatic N) is 5. The lowest BCUT2D eigenvalue weighted by Gasteiger charge is -2.07. The number of aryl methyl sites for hydroxylation is 1. The lowest BCUT2D eigenvalue weighted by Crippen LogP contribution is -1.95. The third-order valence-electron chi connectivity index (χ3n) is 4.85. The van der Waals surface area contributed by atoms with Crippen molar-refractivity contribution in [3.63, 3.8) is 0 Å². The van der Waals surface area contributed by atoms with Crippen LogP contribution in [0.1, 0.15) is 43.5 Å². The Morgan fingerprint density at radius 2 is 1.57 bits per heavy atom. The summed E-state index contributed by atoms with van der Waals surface area (Å²) in [6.45, 7) is 20.5. The highest BCUT2D eigenvalue weighted by Gasteiger charge is 2.12. The number of benzene rings is 2. The predicted octanol–water partition coefficient (Wildman–Crippen LogP) is 8.16. The zero-order chi connectivity index (χ0) is 27.7. The second-order valence-corrected chi connectivity index (χ2v) is 9.58. The molecule has 3 aromatic rings. The molecule has 0 radical (unpaired) electrons. The fourth-order valence-electron chi connectivity index (χ4n) is 3.01.